The van der Waals surface area contributed by atoms with E-state index in [0.29, 0.717) is 0 Å². The van der Waals surface area contributed by atoms with Gasteiger partial charge in [0.05, 0.1) is 37.8 Å². The Morgan fingerprint density at radius 3 is 1.24 bits per heavy atom. The molecule has 0 bridgehead atoms. The summed E-state index contributed by atoms with van der Waals surface area (Å²) in [5.74, 6) is 1.66. The van der Waals surface area contributed by atoms with Crippen LogP contribution < -0.4 is 62.0 Å². The molecule has 4 aliphatic rings. The molecule has 18 aromatic rings. The first-order valence-corrected chi connectivity index (χ1v) is 37.9. The molecule has 10 heteroatoms. The minimum atomic E-state index is -0.267. The Morgan fingerprint density at radius 2 is 0.670 bits per heavy atom. The third kappa shape index (κ3) is 9.31. The third-order valence-electron chi connectivity index (χ3n) is 22.0. The fourth-order valence-corrected chi connectivity index (χ4v) is 20.0. The molecular formula is C96H61B2N5OS2. The quantitative estimate of drug-likeness (QED) is 0.120. The van der Waals surface area contributed by atoms with Gasteiger partial charge in [-0.1, -0.05) is 255 Å². The molecule has 22 rings (SSSR count). The smallest absolute Gasteiger partial charge is 0.256 e. The van der Waals surface area contributed by atoms with Gasteiger partial charge in [-0.15, -0.1) is 22.7 Å². The first-order chi connectivity index (χ1) is 52.6. The van der Waals surface area contributed by atoms with Crippen LogP contribution >= 0.6 is 22.7 Å². The van der Waals surface area contributed by atoms with Gasteiger partial charge >= 0.3 is 0 Å². The van der Waals surface area contributed by atoms with E-state index in [0.717, 1.165) is 130 Å². The second kappa shape index (κ2) is 24.3. The van der Waals surface area contributed by atoms with Crippen molar-refractivity contribution in [2.75, 3.05) is 24.5 Å². The van der Waals surface area contributed by atoms with Crippen LogP contribution in [0.1, 0.15) is 0 Å². The summed E-state index contributed by atoms with van der Waals surface area (Å²) in [7, 11) is 0. The van der Waals surface area contributed by atoms with Crippen molar-refractivity contribution in [1.82, 2.24) is 0 Å². The topological polar surface area (TPSA) is 25.4 Å². The molecule has 0 saturated carbocycles. The van der Waals surface area contributed by atoms with E-state index in [9.17, 15) is 0 Å². The normalized spacial score (nSPS) is 12.9. The van der Waals surface area contributed by atoms with Crippen LogP contribution in [-0.2, 0) is 0 Å². The summed E-state index contributed by atoms with van der Waals surface area (Å²) < 4.78 is 12.6. The lowest BCUT2D eigenvalue weighted by molar-refractivity contribution is 0.487. The molecule has 0 N–H and O–H groups in total. The number of ether oxygens (including phenoxy) is 1. The molecule has 0 unspecified atom stereocenters. The first-order valence-electron chi connectivity index (χ1n) is 36.3. The molecule has 0 spiro atoms. The summed E-state index contributed by atoms with van der Waals surface area (Å²) in [5.41, 5.74) is 27.8. The zero-order chi connectivity index (χ0) is 69.5. The Balaban J connectivity index is 0.886. The van der Waals surface area contributed by atoms with E-state index in [-0.39, 0.29) is 13.4 Å². The number of rotatable bonds is 11. The van der Waals surface area contributed by atoms with Gasteiger partial charge in [0.2, 0.25) is 0 Å². The molecule has 16 aromatic carbocycles. The minimum Gasteiger partial charge on any atom is -0.458 e. The van der Waals surface area contributed by atoms with E-state index in [2.05, 4.69) is 395 Å². The highest BCUT2D eigenvalue weighted by Gasteiger charge is 2.49. The van der Waals surface area contributed by atoms with Gasteiger partial charge in [0.25, 0.3) is 13.4 Å². The van der Waals surface area contributed by atoms with Gasteiger partial charge in [0.1, 0.15) is 11.5 Å². The molecule has 494 valence electrons. The van der Waals surface area contributed by atoms with Gasteiger partial charge in [-0.05, 0) is 153 Å². The highest BCUT2D eigenvalue weighted by molar-refractivity contribution is 7.27. The SMILES string of the molecule is c1ccc(-c2cccc(-c3ccccc3)c2N(c2ccccc2)c2cc3c4c(c2)N(c2cccc5c2sc2ccccc25)c2cc5c(cc2B4c2ccccc2O3)B2c3ccccc3N(c3ccccc3)c3cc(N(c4ccccc4)c4ccccc4)cc(c32)N5c2cccc3c2sc2ccccc23)cc1. The van der Waals surface area contributed by atoms with E-state index < -0.39 is 0 Å². The number of hydrogen-bond acceptors (Lipinski definition) is 8. The molecule has 0 amide bonds. The van der Waals surface area contributed by atoms with Crippen LogP contribution in [0.2, 0.25) is 0 Å². The summed E-state index contributed by atoms with van der Waals surface area (Å²) in [5, 5.41) is 4.94. The van der Waals surface area contributed by atoms with Gasteiger partial charge in [0.15, 0.2) is 0 Å². The number of thiophene rings is 2. The predicted molar refractivity (Wildman–Crippen MR) is 452 cm³/mol. The summed E-state index contributed by atoms with van der Waals surface area (Å²) >= 11 is 3.75. The van der Waals surface area contributed by atoms with Crippen LogP contribution in [0.25, 0.3) is 62.6 Å². The number of benzene rings is 16. The number of para-hydroxylation sites is 7. The van der Waals surface area contributed by atoms with Crippen molar-refractivity contribution < 1.29 is 4.74 Å². The van der Waals surface area contributed by atoms with E-state index in [1.165, 1.54) is 62.2 Å². The fraction of sp³-hybridized carbons (Fsp3) is 0. The average molecular weight is 1390 g/mol. The molecule has 6 heterocycles. The zero-order valence-electron chi connectivity index (χ0n) is 57.3. The maximum atomic E-state index is 7.65. The Labute approximate surface area is 623 Å². The van der Waals surface area contributed by atoms with Gasteiger partial charge in [-0.2, -0.15) is 0 Å². The monoisotopic (exact) mass is 1390 g/mol. The Bertz CT molecular complexity index is 6460. The van der Waals surface area contributed by atoms with Gasteiger partial charge in [-0.25, -0.2) is 0 Å². The molecule has 0 fully saturated rings. The van der Waals surface area contributed by atoms with Crippen LogP contribution in [0.4, 0.5) is 85.3 Å². The summed E-state index contributed by atoms with van der Waals surface area (Å²) in [4.78, 5) is 12.8. The maximum Gasteiger partial charge on any atom is 0.256 e. The summed E-state index contributed by atoms with van der Waals surface area (Å²) in [6.45, 7) is -0.493. The van der Waals surface area contributed by atoms with E-state index >= 15 is 0 Å². The summed E-state index contributed by atoms with van der Waals surface area (Å²) in [6, 6.07) is 137. The van der Waals surface area contributed by atoms with Crippen LogP contribution in [0.3, 0.4) is 0 Å². The van der Waals surface area contributed by atoms with E-state index in [4.69, 9.17) is 4.74 Å². The second-order valence-corrected chi connectivity index (χ2v) is 29.9. The molecule has 6 nitrogen and oxygen atoms in total. The van der Waals surface area contributed by atoms with Crippen molar-refractivity contribution in [2.24, 2.45) is 0 Å². The van der Waals surface area contributed by atoms with Gasteiger partial charge < -0.3 is 29.2 Å². The number of nitrogens with zero attached hydrogens (tertiary/aromatic N) is 5. The van der Waals surface area contributed by atoms with Crippen molar-refractivity contribution >= 4 is 195 Å². The lowest BCUT2D eigenvalue weighted by atomic mass is 9.30. The Kier molecular flexibility index (Phi) is 13.8. The van der Waals surface area contributed by atoms with Crippen LogP contribution in [0, 0.1) is 0 Å². The number of fused-ring (bicyclic) bond motifs is 14. The van der Waals surface area contributed by atoms with Crippen molar-refractivity contribution in [1.29, 1.82) is 0 Å². The fourth-order valence-electron chi connectivity index (χ4n) is 17.6. The first kappa shape index (κ1) is 60.5. The molecule has 106 heavy (non-hydrogen) atoms. The van der Waals surface area contributed by atoms with E-state index in [1.807, 2.05) is 22.7 Å². The molecule has 0 radical (unpaired) electrons. The van der Waals surface area contributed by atoms with Gasteiger partial charge in [0, 0.05) is 105 Å². The van der Waals surface area contributed by atoms with Gasteiger partial charge in [-0.3, -0.25) is 0 Å². The average Bonchev–Trinajstić information content (AvgIpc) is 0.763. The lowest BCUT2D eigenvalue weighted by Crippen LogP contribution is -2.64. The number of anilines is 15. The molecule has 0 aliphatic carbocycles. The minimum absolute atomic E-state index is 0.226. The maximum absolute atomic E-state index is 7.65. The van der Waals surface area contributed by atoms with Crippen LogP contribution in [0.5, 0.6) is 11.5 Å². The van der Waals surface area contributed by atoms with Crippen molar-refractivity contribution in [3.8, 4) is 33.8 Å². The molecular weight excluding hydrogens is 1320 g/mol. The van der Waals surface area contributed by atoms with E-state index in [1.54, 1.807) is 0 Å². The number of hydrogen-bond donors (Lipinski definition) is 0. The summed E-state index contributed by atoms with van der Waals surface area (Å²) in [6.07, 6.45) is 0. The lowest BCUT2D eigenvalue weighted by Gasteiger charge is -2.47. The largest absolute Gasteiger partial charge is 0.458 e. The molecule has 4 aliphatic heterocycles. The Hall–Kier alpha value is -13.1. The Morgan fingerprint density at radius 1 is 0.255 bits per heavy atom. The van der Waals surface area contributed by atoms with Crippen molar-refractivity contribution in [3.63, 3.8) is 0 Å². The third-order valence-corrected chi connectivity index (χ3v) is 24.4. The highest BCUT2D eigenvalue weighted by Crippen LogP contribution is 2.56. The highest BCUT2D eigenvalue weighted by atomic mass is 32.1. The second-order valence-electron chi connectivity index (χ2n) is 27.8. The molecule has 0 atom stereocenters. The predicted octanol–water partition coefficient (Wildman–Crippen LogP) is 23.2. The van der Waals surface area contributed by atoms with Crippen LogP contribution in [-0.4, -0.2) is 13.4 Å². The van der Waals surface area contributed by atoms with Crippen molar-refractivity contribution in [2.45, 2.75) is 0 Å². The zero-order valence-corrected chi connectivity index (χ0v) is 59.0. The molecule has 0 saturated heterocycles. The van der Waals surface area contributed by atoms with Crippen molar-refractivity contribution in [3.05, 3.63) is 370 Å². The standard InChI is InChI=1S/C96H61B2N5OS2/c1-7-30-62(31-8-1)70-44-27-45-71(63-32-9-2-10-33-63)94(70)100(66-38-15-5-16-39-66)69-58-87-93-89(59-69)104-88-53-24-22-49-77(88)98(93)79-60-78-83(61-84(79)103(87)82-52-29-47-75-73-43-20-26-55-91(73)106-96(75)82)102(81-51-28-46-74-72-42-19-25-54-90(72)105-95(74)81)86-57-68(99(64-34-11-3-12-35-64)65-36-13-4-14-37-65)56-85-92(86)97(78)76-48-21-23-50-80(76)101(85)67-40-17-6-18-41-67/h1-61H. The molecule has 2 aromatic heterocycles. The van der Waals surface area contributed by atoms with Crippen LogP contribution in [0.15, 0.2) is 370 Å².